The highest BCUT2D eigenvalue weighted by Crippen LogP contribution is 2.50. The molecule has 5 aromatic rings. The predicted octanol–water partition coefficient (Wildman–Crippen LogP) is 9.05. The third kappa shape index (κ3) is 4.37. The molecule has 38 heavy (non-hydrogen) atoms. The van der Waals surface area contributed by atoms with Gasteiger partial charge in [-0.05, 0) is 54.7 Å². The SMILES string of the molecule is Cc1cc(C)c(N2CN(c3ccccc3-c3ccccc3)[C@@H](c3ccccc3)[C@@H]2c2ccccc2)c(C)c1. The zero-order valence-electron chi connectivity index (χ0n) is 22.4. The normalized spacial score (nSPS) is 17.1. The average Bonchev–Trinajstić information content (AvgIpc) is 3.34. The number of nitrogens with zero attached hydrogens (tertiary/aromatic N) is 2. The molecule has 2 heteroatoms. The van der Waals surface area contributed by atoms with Gasteiger partial charge in [0.25, 0.3) is 0 Å². The van der Waals surface area contributed by atoms with Gasteiger partial charge in [0.05, 0.1) is 18.8 Å². The lowest BCUT2D eigenvalue weighted by Gasteiger charge is -2.32. The summed E-state index contributed by atoms with van der Waals surface area (Å²) in [6.45, 7) is 7.51. The standard InChI is InChI=1S/C36H34N2/c1-26-23-27(2)34(28(3)24-26)38-25-37(33-22-14-13-21-32(33)29-15-7-4-8-16-29)35(30-17-9-5-10-18-30)36(38)31-19-11-6-12-20-31/h4-24,35-36H,25H2,1-3H3/t35-,36-/m0/s1. The van der Waals surface area contributed by atoms with Crippen molar-refractivity contribution in [3.05, 3.63) is 155 Å². The number of rotatable bonds is 5. The van der Waals surface area contributed by atoms with E-state index in [1.165, 1.54) is 50.3 Å². The van der Waals surface area contributed by atoms with Gasteiger partial charge in [-0.15, -0.1) is 0 Å². The summed E-state index contributed by atoms with van der Waals surface area (Å²) >= 11 is 0. The van der Waals surface area contributed by atoms with Gasteiger partial charge in [-0.1, -0.05) is 127 Å². The Kier molecular flexibility index (Phi) is 6.47. The zero-order chi connectivity index (χ0) is 26.1. The molecule has 0 aliphatic carbocycles. The van der Waals surface area contributed by atoms with E-state index in [9.17, 15) is 0 Å². The van der Waals surface area contributed by atoms with Crippen molar-refractivity contribution in [3.8, 4) is 11.1 Å². The second-order valence-electron chi connectivity index (χ2n) is 10.4. The lowest BCUT2D eigenvalue weighted by molar-refractivity contribution is 0.617. The van der Waals surface area contributed by atoms with Gasteiger partial charge in [0.2, 0.25) is 0 Å². The van der Waals surface area contributed by atoms with Crippen molar-refractivity contribution in [1.29, 1.82) is 0 Å². The van der Waals surface area contributed by atoms with Crippen LogP contribution in [0.3, 0.4) is 0 Å². The first-order chi connectivity index (χ1) is 18.6. The maximum atomic E-state index is 2.64. The van der Waals surface area contributed by atoms with Gasteiger partial charge in [0, 0.05) is 16.9 Å². The van der Waals surface area contributed by atoms with Crippen molar-refractivity contribution in [1.82, 2.24) is 0 Å². The summed E-state index contributed by atoms with van der Waals surface area (Å²) in [6.07, 6.45) is 0. The van der Waals surface area contributed by atoms with Gasteiger partial charge >= 0.3 is 0 Å². The molecular weight excluding hydrogens is 460 g/mol. The van der Waals surface area contributed by atoms with Crippen LogP contribution in [0.4, 0.5) is 11.4 Å². The minimum Gasteiger partial charge on any atom is -0.344 e. The van der Waals surface area contributed by atoms with E-state index in [4.69, 9.17) is 0 Å². The third-order valence-corrected chi connectivity index (χ3v) is 7.78. The van der Waals surface area contributed by atoms with Crippen LogP contribution in [0.1, 0.15) is 39.9 Å². The molecule has 1 aliphatic rings. The van der Waals surface area contributed by atoms with Crippen molar-refractivity contribution < 1.29 is 0 Å². The molecule has 0 N–H and O–H groups in total. The van der Waals surface area contributed by atoms with Crippen molar-refractivity contribution in [2.24, 2.45) is 0 Å². The molecule has 1 fully saturated rings. The maximum Gasteiger partial charge on any atom is 0.0917 e. The van der Waals surface area contributed by atoms with E-state index < -0.39 is 0 Å². The second kappa shape index (κ2) is 10.2. The van der Waals surface area contributed by atoms with Crippen molar-refractivity contribution in [2.75, 3.05) is 16.5 Å². The van der Waals surface area contributed by atoms with E-state index in [-0.39, 0.29) is 12.1 Å². The van der Waals surface area contributed by atoms with Crippen LogP contribution in [0.5, 0.6) is 0 Å². The number of para-hydroxylation sites is 1. The topological polar surface area (TPSA) is 6.48 Å². The fraction of sp³-hybridized carbons (Fsp3) is 0.167. The molecule has 0 amide bonds. The molecule has 6 rings (SSSR count). The summed E-state index contributed by atoms with van der Waals surface area (Å²) in [5.74, 6) is 0. The first kappa shape index (κ1) is 24.1. The fourth-order valence-corrected chi connectivity index (χ4v) is 6.35. The number of hydrogen-bond donors (Lipinski definition) is 0. The van der Waals surface area contributed by atoms with Crippen molar-refractivity contribution in [2.45, 2.75) is 32.9 Å². The van der Waals surface area contributed by atoms with E-state index in [1.807, 2.05) is 0 Å². The van der Waals surface area contributed by atoms with Crippen molar-refractivity contribution in [3.63, 3.8) is 0 Å². The smallest absolute Gasteiger partial charge is 0.0917 e. The van der Waals surface area contributed by atoms with Crippen molar-refractivity contribution >= 4 is 11.4 Å². The first-order valence-corrected chi connectivity index (χ1v) is 13.5. The molecule has 1 heterocycles. The van der Waals surface area contributed by atoms with Crippen LogP contribution in [-0.2, 0) is 0 Å². The second-order valence-corrected chi connectivity index (χ2v) is 10.4. The molecule has 0 bridgehead atoms. The van der Waals surface area contributed by atoms with Crippen LogP contribution in [0, 0.1) is 20.8 Å². The summed E-state index contributed by atoms with van der Waals surface area (Å²) in [5.41, 5.74) is 11.7. The van der Waals surface area contributed by atoms with Gasteiger partial charge in [0.15, 0.2) is 0 Å². The van der Waals surface area contributed by atoms with E-state index in [1.54, 1.807) is 0 Å². The van der Waals surface area contributed by atoms with Crippen LogP contribution < -0.4 is 9.80 Å². The summed E-state index contributed by atoms with van der Waals surface area (Å²) in [5, 5.41) is 0. The molecule has 0 radical (unpaired) electrons. The van der Waals surface area contributed by atoms with Crippen LogP contribution in [0.25, 0.3) is 11.1 Å². The number of aryl methyl sites for hydroxylation is 3. The Hall–Kier alpha value is -4.30. The molecule has 5 aromatic carbocycles. The number of benzene rings is 5. The fourth-order valence-electron chi connectivity index (χ4n) is 6.35. The third-order valence-electron chi connectivity index (χ3n) is 7.78. The molecule has 2 atom stereocenters. The largest absolute Gasteiger partial charge is 0.344 e. The molecule has 0 saturated carbocycles. The van der Waals surface area contributed by atoms with Crippen LogP contribution in [0.15, 0.2) is 127 Å². The lowest BCUT2D eigenvalue weighted by atomic mass is 9.91. The Bertz CT molecular complexity index is 1500. The Balaban J connectivity index is 1.59. The van der Waals surface area contributed by atoms with E-state index in [0.717, 1.165) is 6.67 Å². The van der Waals surface area contributed by atoms with Gasteiger partial charge in [-0.3, -0.25) is 0 Å². The number of hydrogen-bond acceptors (Lipinski definition) is 2. The van der Waals surface area contributed by atoms with Gasteiger partial charge in [0.1, 0.15) is 0 Å². The summed E-state index contributed by atoms with van der Waals surface area (Å²) in [6, 6.07) is 46.7. The van der Waals surface area contributed by atoms with Gasteiger partial charge in [-0.2, -0.15) is 0 Å². The highest BCUT2D eigenvalue weighted by Gasteiger charge is 2.43. The Labute approximate surface area is 226 Å². The average molecular weight is 495 g/mol. The maximum absolute atomic E-state index is 2.64. The minimum atomic E-state index is 0.142. The molecule has 0 unspecified atom stereocenters. The molecule has 188 valence electrons. The van der Waals surface area contributed by atoms with E-state index >= 15 is 0 Å². The van der Waals surface area contributed by atoms with Gasteiger partial charge < -0.3 is 9.80 Å². The molecule has 2 nitrogen and oxygen atoms in total. The van der Waals surface area contributed by atoms with E-state index in [0.29, 0.717) is 0 Å². The highest BCUT2D eigenvalue weighted by molar-refractivity contribution is 5.80. The van der Waals surface area contributed by atoms with Crippen LogP contribution in [0.2, 0.25) is 0 Å². The van der Waals surface area contributed by atoms with E-state index in [2.05, 4.69) is 158 Å². The van der Waals surface area contributed by atoms with Crippen LogP contribution >= 0.6 is 0 Å². The molecule has 1 saturated heterocycles. The molecule has 1 aliphatic heterocycles. The van der Waals surface area contributed by atoms with Gasteiger partial charge in [-0.25, -0.2) is 0 Å². The summed E-state index contributed by atoms with van der Waals surface area (Å²) in [7, 11) is 0. The van der Waals surface area contributed by atoms with Crippen LogP contribution in [-0.4, -0.2) is 6.67 Å². The minimum absolute atomic E-state index is 0.142. The molecular formula is C36H34N2. The molecule has 0 aromatic heterocycles. The Morgan fingerprint density at radius 2 is 1.00 bits per heavy atom. The number of anilines is 2. The quantitative estimate of drug-likeness (QED) is 0.240. The summed E-state index contributed by atoms with van der Waals surface area (Å²) in [4.78, 5) is 5.26. The monoisotopic (exact) mass is 494 g/mol. The summed E-state index contributed by atoms with van der Waals surface area (Å²) < 4.78 is 0. The Morgan fingerprint density at radius 1 is 0.526 bits per heavy atom. The zero-order valence-corrected chi connectivity index (χ0v) is 22.4. The first-order valence-electron chi connectivity index (χ1n) is 13.5. The highest BCUT2D eigenvalue weighted by atomic mass is 15.4. The Morgan fingerprint density at radius 3 is 1.58 bits per heavy atom. The molecule has 0 spiro atoms. The predicted molar refractivity (Wildman–Crippen MR) is 161 cm³/mol. The lowest BCUT2D eigenvalue weighted by Crippen LogP contribution is -2.27.